The fourth-order valence-electron chi connectivity index (χ4n) is 2.32. The second-order valence-electron chi connectivity index (χ2n) is 5.17. The molecule has 0 N–H and O–H groups in total. The van der Waals surface area contributed by atoms with Crippen LogP contribution in [-0.2, 0) is 11.5 Å². The van der Waals surface area contributed by atoms with Gasteiger partial charge in [0.1, 0.15) is 5.58 Å². The molecular formula is C18H15ClO2S. The fourth-order valence-corrected chi connectivity index (χ4v) is 3.47. The summed E-state index contributed by atoms with van der Waals surface area (Å²) in [6.07, 6.45) is 0. The smallest absolute Gasteiger partial charge is 0.336 e. The molecule has 22 heavy (non-hydrogen) atoms. The Labute approximate surface area is 138 Å². The Morgan fingerprint density at radius 2 is 1.86 bits per heavy atom. The zero-order valence-corrected chi connectivity index (χ0v) is 13.7. The molecule has 112 valence electrons. The Bertz CT molecular complexity index is 856. The fraction of sp³-hybridized carbons (Fsp3) is 0.167. The first kappa shape index (κ1) is 15.2. The minimum atomic E-state index is -0.315. The monoisotopic (exact) mass is 330 g/mol. The number of thioether (sulfide) groups is 1. The van der Waals surface area contributed by atoms with Crippen LogP contribution < -0.4 is 5.63 Å². The van der Waals surface area contributed by atoms with E-state index in [0.29, 0.717) is 10.6 Å². The third-order valence-corrected chi connectivity index (χ3v) is 4.94. The van der Waals surface area contributed by atoms with Gasteiger partial charge in [-0.2, -0.15) is 11.8 Å². The number of benzene rings is 2. The van der Waals surface area contributed by atoms with Crippen LogP contribution in [-0.4, -0.2) is 0 Å². The molecule has 4 heteroatoms. The van der Waals surface area contributed by atoms with Gasteiger partial charge in [-0.15, -0.1) is 0 Å². The molecule has 0 aliphatic rings. The van der Waals surface area contributed by atoms with E-state index in [0.717, 1.165) is 28.0 Å². The van der Waals surface area contributed by atoms with E-state index in [1.165, 1.54) is 5.56 Å². The lowest BCUT2D eigenvalue weighted by Crippen LogP contribution is -2.00. The Hall–Kier alpha value is -1.71. The molecule has 2 aromatic carbocycles. The van der Waals surface area contributed by atoms with Gasteiger partial charge in [0, 0.05) is 28.0 Å². The summed E-state index contributed by atoms with van der Waals surface area (Å²) in [4.78, 5) is 11.7. The van der Waals surface area contributed by atoms with Crippen molar-refractivity contribution in [1.29, 1.82) is 0 Å². The highest BCUT2D eigenvalue weighted by Crippen LogP contribution is 2.28. The topological polar surface area (TPSA) is 30.2 Å². The second kappa shape index (κ2) is 6.59. The molecule has 1 aromatic heterocycles. The summed E-state index contributed by atoms with van der Waals surface area (Å²) >= 11 is 7.97. The summed E-state index contributed by atoms with van der Waals surface area (Å²) in [5, 5.41) is 1.60. The maximum absolute atomic E-state index is 11.7. The molecule has 0 aliphatic heterocycles. The molecule has 0 saturated carbocycles. The van der Waals surface area contributed by atoms with Crippen molar-refractivity contribution in [3.05, 3.63) is 80.7 Å². The van der Waals surface area contributed by atoms with Crippen LogP contribution in [0.25, 0.3) is 11.0 Å². The van der Waals surface area contributed by atoms with Gasteiger partial charge in [0.2, 0.25) is 0 Å². The lowest BCUT2D eigenvalue weighted by molar-refractivity contribution is 0.559. The Morgan fingerprint density at radius 3 is 2.64 bits per heavy atom. The SMILES string of the molecule is Cc1cc2oc(=O)cc(CSCc3ccccc3)c2cc1Cl. The number of rotatable bonds is 4. The standard InChI is InChI=1S/C18H15ClO2S/c1-12-7-17-15(9-16(12)19)14(8-18(20)21-17)11-22-10-13-5-3-2-4-6-13/h2-9H,10-11H2,1H3. The first-order valence-corrected chi connectivity index (χ1v) is 8.51. The van der Waals surface area contributed by atoms with E-state index >= 15 is 0 Å². The number of aryl methyl sites for hydroxylation is 1. The summed E-state index contributed by atoms with van der Waals surface area (Å²) < 4.78 is 5.28. The molecular weight excluding hydrogens is 316 g/mol. The van der Waals surface area contributed by atoms with Gasteiger partial charge in [0.05, 0.1) is 0 Å². The van der Waals surface area contributed by atoms with E-state index < -0.39 is 0 Å². The van der Waals surface area contributed by atoms with Crippen LogP contribution in [0.5, 0.6) is 0 Å². The van der Waals surface area contributed by atoms with Crippen molar-refractivity contribution in [2.24, 2.45) is 0 Å². The molecule has 0 bridgehead atoms. The Balaban J connectivity index is 1.86. The summed E-state index contributed by atoms with van der Waals surface area (Å²) in [7, 11) is 0. The third kappa shape index (κ3) is 3.37. The number of hydrogen-bond acceptors (Lipinski definition) is 3. The van der Waals surface area contributed by atoms with Crippen molar-refractivity contribution >= 4 is 34.3 Å². The van der Waals surface area contributed by atoms with Crippen LogP contribution in [0.1, 0.15) is 16.7 Å². The molecule has 1 heterocycles. The van der Waals surface area contributed by atoms with E-state index in [9.17, 15) is 4.79 Å². The molecule has 0 atom stereocenters. The minimum absolute atomic E-state index is 0.315. The second-order valence-corrected chi connectivity index (χ2v) is 6.56. The molecule has 0 spiro atoms. The first-order valence-electron chi connectivity index (χ1n) is 6.98. The molecule has 2 nitrogen and oxygen atoms in total. The van der Waals surface area contributed by atoms with Crippen LogP contribution in [0, 0.1) is 6.92 Å². The van der Waals surface area contributed by atoms with Crippen LogP contribution in [0.15, 0.2) is 57.7 Å². The van der Waals surface area contributed by atoms with Crippen molar-refractivity contribution in [2.45, 2.75) is 18.4 Å². The average molecular weight is 331 g/mol. The molecule has 3 rings (SSSR count). The lowest BCUT2D eigenvalue weighted by Gasteiger charge is -2.07. The Kier molecular flexibility index (Phi) is 4.55. The minimum Gasteiger partial charge on any atom is -0.423 e. The lowest BCUT2D eigenvalue weighted by atomic mass is 10.1. The number of hydrogen-bond donors (Lipinski definition) is 0. The Morgan fingerprint density at radius 1 is 1.09 bits per heavy atom. The summed E-state index contributed by atoms with van der Waals surface area (Å²) in [6.45, 7) is 1.90. The number of halogens is 1. The largest absolute Gasteiger partial charge is 0.423 e. The van der Waals surface area contributed by atoms with Gasteiger partial charge in [-0.1, -0.05) is 41.9 Å². The van der Waals surface area contributed by atoms with E-state index in [1.807, 2.05) is 37.3 Å². The van der Waals surface area contributed by atoms with E-state index in [-0.39, 0.29) is 5.63 Å². The summed E-state index contributed by atoms with van der Waals surface area (Å²) in [5.74, 6) is 1.65. The summed E-state index contributed by atoms with van der Waals surface area (Å²) in [5.41, 5.74) is 3.43. The molecule has 0 saturated heterocycles. The van der Waals surface area contributed by atoms with Crippen molar-refractivity contribution in [1.82, 2.24) is 0 Å². The van der Waals surface area contributed by atoms with Crippen molar-refractivity contribution in [2.75, 3.05) is 0 Å². The van der Waals surface area contributed by atoms with Gasteiger partial charge >= 0.3 is 5.63 Å². The third-order valence-electron chi connectivity index (χ3n) is 3.48. The van der Waals surface area contributed by atoms with Crippen molar-refractivity contribution in [3.8, 4) is 0 Å². The van der Waals surface area contributed by atoms with E-state index in [4.69, 9.17) is 16.0 Å². The summed E-state index contributed by atoms with van der Waals surface area (Å²) in [6, 6.07) is 15.5. The molecule has 0 fully saturated rings. The van der Waals surface area contributed by atoms with Crippen molar-refractivity contribution < 1.29 is 4.42 Å². The van der Waals surface area contributed by atoms with Crippen molar-refractivity contribution in [3.63, 3.8) is 0 Å². The molecule has 3 aromatic rings. The quantitative estimate of drug-likeness (QED) is 0.617. The van der Waals surface area contributed by atoms with Gasteiger partial charge in [-0.05, 0) is 35.7 Å². The van der Waals surface area contributed by atoms with Crippen LogP contribution in [0.2, 0.25) is 5.02 Å². The van der Waals surface area contributed by atoms with E-state index in [1.54, 1.807) is 17.8 Å². The van der Waals surface area contributed by atoms with Gasteiger partial charge in [0.25, 0.3) is 0 Å². The van der Waals surface area contributed by atoms with Gasteiger partial charge < -0.3 is 4.42 Å². The molecule has 0 amide bonds. The van der Waals surface area contributed by atoms with E-state index in [2.05, 4.69) is 12.1 Å². The molecule has 0 unspecified atom stereocenters. The zero-order valence-electron chi connectivity index (χ0n) is 12.1. The van der Waals surface area contributed by atoms with Gasteiger partial charge in [-0.3, -0.25) is 0 Å². The molecule has 0 radical (unpaired) electrons. The average Bonchev–Trinajstić information content (AvgIpc) is 2.50. The number of fused-ring (bicyclic) bond motifs is 1. The predicted octanol–water partition coefficient (Wildman–Crippen LogP) is 5.19. The maximum atomic E-state index is 11.7. The van der Waals surface area contributed by atoms with Crippen LogP contribution in [0.4, 0.5) is 0 Å². The van der Waals surface area contributed by atoms with Gasteiger partial charge in [0.15, 0.2) is 0 Å². The van der Waals surface area contributed by atoms with Crippen LogP contribution >= 0.6 is 23.4 Å². The zero-order chi connectivity index (χ0) is 15.5. The highest BCUT2D eigenvalue weighted by atomic mass is 35.5. The molecule has 0 aliphatic carbocycles. The highest BCUT2D eigenvalue weighted by Gasteiger charge is 2.08. The predicted molar refractivity (Wildman–Crippen MR) is 93.7 cm³/mol. The highest BCUT2D eigenvalue weighted by molar-refractivity contribution is 7.97. The maximum Gasteiger partial charge on any atom is 0.336 e. The van der Waals surface area contributed by atoms with Gasteiger partial charge in [-0.25, -0.2) is 4.79 Å². The normalized spacial score (nSPS) is 11.0. The first-order chi connectivity index (χ1) is 10.6. The van der Waals surface area contributed by atoms with Crippen LogP contribution in [0.3, 0.4) is 0 Å².